The van der Waals surface area contributed by atoms with Crippen LogP contribution in [0.4, 0.5) is 10.8 Å². The van der Waals surface area contributed by atoms with Crippen LogP contribution in [-0.2, 0) is 0 Å². The molecular weight excluding hydrogens is 552 g/mol. The van der Waals surface area contributed by atoms with Crippen molar-refractivity contribution < 1.29 is 14.3 Å². The van der Waals surface area contributed by atoms with Gasteiger partial charge in [0.1, 0.15) is 0 Å². The number of hydrogen-bond donors (Lipinski definition) is 2. The molecule has 37 heavy (non-hydrogen) atoms. The summed E-state index contributed by atoms with van der Waals surface area (Å²) in [6.07, 6.45) is 2.46. The van der Waals surface area contributed by atoms with Gasteiger partial charge in [-0.25, -0.2) is 10.4 Å². The zero-order valence-electron chi connectivity index (χ0n) is 20.5. The van der Waals surface area contributed by atoms with E-state index in [-0.39, 0.29) is 5.91 Å². The molecule has 0 aliphatic rings. The molecular formula is C28H27BrN4O3S. The van der Waals surface area contributed by atoms with Gasteiger partial charge < -0.3 is 14.8 Å². The van der Waals surface area contributed by atoms with Gasteiger partial charge in [-0.2, -0.15) is 5.10 Å². The molecule has 7 nitrogen and oxygen atoms in total. The highest BCUT2D eigenvalue weighted by Crippen LogP contribution is 2.36. The Bertz CT molecular complexity index is 1360. The fourth-order valence-electron chi connectivity index (χ4n) is 3.40. The van der Waals surface area contributed by atoms with Gasteiger partial charge in [-0.05, 0) is 71.2 Å². The van der Waals surface area contributed by atoms with Crippen molar-refractivity contribution in [3.8, 4) is 22.8 Å². The number of hydrazone groups is 1. The number of thiazole rings is 1. The van der Waals surface area contributed by atoms with E-state index in [1.54, 1.807) is 18.3 Å². The van der Waals surface area contributed by atoms with Crippen LogP contribution < -0.4 is 20.2 Å². The van der Waals surface area contributed by atoms with E-state index in [1.165, 1.54) is 11.3 Å². The van der Waals surface area contributed by atoms with Crippen molar-refractivity contribution in [1.82, 2.24) is 10.4 Å². The summed E-state index contributed by atoms with van der Waals surface area (Å²) in [5, 5.41) is 10.2. The number of hydrogen-bond acceptors (Lipinski definition) is 7. The van der Waals surface area contributed by atoms with Crippen LogP contribution in [0.3, 0.4) is 0 Å². The Morgan fingerprint density at radius 1 is 1.08 bits per heavy atom. The van der Waals surface area contributed by atoms with Gasteiger partial charge >= 0.3 is 0 Å². The zero-order valence-corrected chi connectivity index (χ0v) is 22.9. The van der Waals surface area contributed by atoms with E-state index in [4.69, 9.17) is 9.47 Å². The average Bonchev–Trinajstić information content (AvgIpc) is 3.37. The van der Waals surface area contributed by atoms with E-state index in [1.807, 2.05) is 73.8 Å². The molecule has 0 saturated carbocycles. The molecule has 1 heterocycles. The summed E-state index contributed by atoms with van der Waals surface area (Å²) in [6.45, 7) is 5.06. The summed E-state index contributed by atoms with van der Waals surface area (Å²) in [7, 11) is 0. The van der Waals surface area contributed by atoms with Crippen molar-refractivity contribution in [1.29, 1.82) is 0 Å². The maximum Gasteiger partial charge on any atom is 0.271 e. The van der Waals surface area contributed by atoms with Gasteiger partial charge in [0, 0.05) is 22.2 Å². The molecule has 4 aromatic rings. The second-order valence-electron chi connectivity index (χ2n) is 7.92. The van der Waals surface area contributed by atoms with Crippen molar-refractivity contribution in [3.05, 3.63) is 87.7 Å². The molecule has 0 atom stereocenters. The Hall–Kier alpha value is -3.69. The van der Waals surface area contributed by atoms with E-state index in [0.29, 0.717) is 30.3 Å². The van der Waals surface area contributed by atoms with Crippen LogP contribution in [0.1, 0.15) is 36.2 Å². The number of para-hydroxylation sites is 1. The van der Waals surface area contributed by atoms with Gasteiger partial charge in [0.15, 0.2) is 16.6 Å². The van der Waals surface area contributed by atoms with Crippen LogP contribution in [-0.4, -0.2) is 30.3 Å². The lowest BCUT2D eigenvalue weighted by molar-refractivity contribution is 0.0955. The SMILES string of the molecule is CCCOc1c(Br)cc(/C=N\NC(=O)c2ccc(-c3csc(Nc4ccccc4)n3)cc2)cc1OCC. The first kappa shape index (κ1) is 26.4. The van der Waals surface area contributed by atoms with E-state index >= 15 is 0 Å². The number of carbonyl (C=O) groups excluding carboxylic acids is 1. The number of halogens is 1. The van der Waals surface area contributed by atoms with Gasteiger partial charge in [-0.15, -0.1) is 11.3 Å². The molecule has 0 aliphatic heterocycles. The maximum atomic E-state index is 12.6. The quantitative estimate of drug-likeness (QED) is 0.144. The molecule has 0 spiro atoms. The van der Waals surface area contributed by atoms with E-state index < -0.39 is 0 Å². The predicted molar refractivity (Wildman–Crippen MR) is 153 cm³/mol. The Morgan fingerprint density at radius 3 is 2.59 bits per heavy atom. The van der Waals surface area contributed by atoms with Gasteiger partial charge in [0.25, 0.3) is 5.91 Å². The first-order valence-electron chi connectivity index (χ1n) is 11.9. The molecule has 1 amide bonds. The first-order chi connectivity index (χ1) is 18.1. The topological polar surface area (TPSA) is 84.8 Å². The monoisotopic (exact) mass is 578 g/mol. The molecule has 0 radical (unpaired) electrons. The lowest BCUT2D eigenvalue weighted by Crippen LogP contribution is -2.17. The number of nitrogens with zero attached hydrogens (tertiary/aromatic N) is 2. The summed E-state index contributed by atoms with van der Waals surface area (Å²) < 4.78 is 12.3. The number of benzene rings is 3. The van der Waals surface area contributed by atoms with Crippen molar-refractivity contribution in [3.63, 3.8) is 0 Å². The number of aromatic nitrogens is 1. The molecule has 2 N–H and O–H groups in total. The Balaban J connectivity index is 1.38. The number of carbonyl (C=O) groups is 1. The normalized spacial score (nSPS) is 10.9. The highest BCUT2D eigenvalue weighted by molar-refractivity contribution is 9.10. The minimum Gasteiger partial charge on any atom is -0.490 e. The largest absolute Gasteiger partial charge is 0.490 e. The molecule has 0 fully saturated rings. The van der Waals surface area contributed by atoms with Crippen LogP contribution in [0, 0.1) is 0 Å². The van der Waals surface area contributed by atoms with Crippen LogP contribution in [0.15, 0.2) is 81.7 Å². The number of anilines is 2. The third kappa shape index (κ3) is 7.18. The minimum atomic E-state index is -0.306. The highest BCUT2D eigenvalue weighted by atomic mass is 79.9. The molecule has 0 unspecified atom stereocenters. The van der Waals surface area contributed by atoms with Gasteiger partial charge in [-0.1, -0.05) is 37.3 Å². The molecule has 0 aliphatic carbocycles. The number of nitrogens with one attached hydrogen (secondary N) is 2. The average molecular weight is 580 g/mol. The molecule has 190 valence electrons. The molecule has 4 rings (SSSR count). The summed E-state index contributed by atoms with van der Waals surface area (Å²) in [6, 6.07) is 20.9. The maximum absolute atomic E-state index is 12.6. The molecule has 3 aromatic carbocycles. The van der Waals surface area contributed by atoms with E-state index in [9.17, 15) is 4.79 Å². The highest BCUT2D eigenvalue weighted by Gasteiger charge is 2.12. The third-order valence-electron chi connectivity index (χ3n) is 5.13. The van der Waals surface area contributed by atoms with Crippen LogP contribution in [0.2, 0.25) is 0 Å². The smallest absolute Gasteiger partial charge is 0.271 e. The molecule has 0 saturated heterocycles. The summed E-state index contributed by atoms with van der Waals surface area (Å²) >= 11 is 5.06. The minimum absolute atomic E-state index is 0.306. The Labute approximate surface area is 228 Å². The molecule has 9 heteroatoms. The van der Waals surface area contributed by atoms with Crippen molar-refractivity contribution in [2.24, 2.45) is 5.10 Å². The second kappa shape index (κ2) is 13.0. The predicted octanol–water partition coefficient (Wildman–Crippen LogP) is 7.27. The number of amides is 1. The second-order valence-corrected chi connectivity index (χ2v) is 9.63. The fraction of sp³-hybridized carbons (Fsp3) is 0.179. The molecule has 0 bridgehead atoms. The Morgan fingerprint density at radius 2 is 1.86 bits per heavy atom. The van der Waals surface area contributed by atoms with Crippen molar-refractivity contribution in [2.75, 3.05) is 18.5 Å². The molecule has 1 aromatic heterocycles. The van der Waals surface area contributed by atoms with E-state index in [0.717, 1.165) is 38.5 Å². The third-order valence-corrected chi connectivity index (χ3v) is 6.48. The van der Waals surface area contributed by atoms with Crippen molar-refractivity contribution >= 4 is 50.2 Å². The number of rotatable bonds is 11. The van der Waals surface area contributed by atoms with Crippen LogP contribution in [0.5, 0.6) is 11.5 Å². The van der Waals surface area contributed by atoms with E-state index in [2.05, 4.69) is 36.8 Å². The lowest BCUT2D eigenvalue weighted by Gasteiger charge is -2.14. The standard InChI is InChI=1S/C28H27BrN4O3S/c1-3-14-36-26-23(29)15-19(16-25(26)35-4-2)17-30-33-27(34)21-12-10-20(11-13-21)24-18-37-28(32-24)31-22-8-6-5-7-9-22/h5-13,15-18H,3-4,14H2,1-2H3,(H,31,32)(H,33,34)/b30-17-. The Kier molecular flexibility index (Phi) is 9.29. The summed E-state index contributed by atoms with van der Waals surface area (Å²) in [5.41, 5.74) is 6.59. The lowest BCUT2D eigenvalue weighted by atomic mass is 10.1. The first-order valence-corrected chi connectivity index (χ1v) is 13.5. The summed E-state index contributed by atoms with van der Waals surface area (Å²) in [5.74, 6) is 0.977. The fourth-order valence-corrected chi connectivity index (χ4v) is 4.71. The summed E-state index contributed by atoms with van der Waals surface area (Å²) in [4.78, 5) is 17.2. The van der Waals surface area contributed by atoms with Gasteiger partial charge in [0.2, 0.25) is 0 Å². The zero-order chi connectivity index (χ0) is 26.0. The van der Waals surface area contributed by atoms with Gasteiger partial charge in [0.05, 0.1) is 29.6 Å². The number of ether oxygens (including phenoxy) is 2. The van der Waals surface area contributed by atoms with Crippen LogP contribution >= 0.6 is 27.3 Å². The van der Waals surface area contributed by atoms with Crippen molar-refractivity contribution in [2.45, 2.75) is 20.3 Å². The van der Waals surface area contributed by atoms with Crippen LogP contribution in [0.25, 0.3) is 11.3 Å². The van der Waals surface area contributed by atoms with Gasteiger partial charge in [-0.3, -0.25) is 4.79 Å².